The van der Waals surface area contributed by atoms with E-state index < -0.39 is 0 Å². The van der Waals surface area contributed by atoms with Gasteiger partial charge in [0.15, 0.2) is 0 Å². The fourth-order valence-electron chi connectivity index (χ4n) is 2.72. The van der Waals surface area contributed by atoms with Crippen molar-refractivity contribution in [2.75, 3.05) is 13.6 Å². The number of piperidine rings is 1. The Labute approximate surface area is 68.7 Å². The lowest BCUT2D eigenvalue weighted by atomic mass is 9.91. The van der Waals surface area contributed by atoms with Crippen LogP contribution >= 0.6 is 0 Å². The number of fused-ring (bicyclic) bond motifs is 2. The molecule has 11 heavy (non-hydrogen) atoms. The molecule has 0 amide bonds. The molecule has 2 N–H and O–H groups in total. The first-order valence-electron chi connectivity index (χ1n) is 4.73. The second-order valence-corrected chi connectivity index (χ2v) is 4.12. The third-order valence-electron chi connectivity index (χ3n) is 3.53. The Morgan fingerprint density at radius 3 is 2.27 bits per heavy atom. The highest BCUT2D eigenvalue weighted by molar-refractivity contribution is 4.93. The van der Waals surface area contributed by atoms with E-state index in [2.05, 4.69) is 11.9 Å². The quantitative estimate of drug-likeness (QED) is 0.606. The number of nitrogens with zero attached hydrogens (tertiary/aromatic N) is 1. The molecule has 2 heterocycles. The van der Waals surface area contributed by atoms with E-state index in [0.29, 0.717) is 0 Å². The van der Waals surface area contributed by atoms with Gasteiger partial charge in [0.05, 0.1) is 0 Å². The summed E-state index contributed by atoms with van der Waals surface area (Å²) in [6.45, 7) is 0.904. The normalized spacial score (nSPS) is 44.7. The molecule has 64 valence electrons. The van der Waals surface area contributed by atoms with Crippen LogP contribution in [0, 0.1) is 5.92 Å². The predicted octanol–water partition coefficient (Wildman–Crippen LogP) is 0.818. The van der Waals surface area contributed by atoms with Crippen LogP contribution in [0.2, 0.25) is 0 Å². The Balaban J connectivity index is 2.02. The minimum Gasteiger partial charge on any atom is -0.330 e. The SMILES string of the molecule is CN1[C@H]2CC[C@H]1CC(CN)C2. The zero-order valence-corrected chi connectivity index (χ0v) is 7.29. The van der Waals surface area contributed by atoms with E-state index >= 15 is 0 Å². The molecular formula is C9H18N2. The maximum Gasteiger partial charge on any atom is 0.00988 e. The van der Waals surface area contributed by atoms with E-state index in [1.807, 2.05) is 0 Å². The summed E-state index contributed by atoms with van der Waals surface area (Å²) in [6, 6.07) is 1.73. The summed E-state index contributed by atoms with van der Waals surface area (Å²) in [5, 5.41) is 0. The van der Waals surface area contributed by atoms with Gasteiger partial charge in [-0.2, -0.15) is 0 Å². The van der Waals surface area contributed by atoms with Crippen molar-refractivity contribution in [1.82, 2.24) is 4.90 Å². The summed E-state index contributed by atoms with van der Waals surface area (Å²) >= 11 is 0. The maximum atomic E-state index is 5.68. The highest BCUT2D eigenvalue weighted by Gasteiger charge is 2.37. The Morgan fingerprint density at radius 2 is 1.82 bits per heavy atom. The third kappa shape index (κ3) is 1.18. The molecule has 0 aliphatic carbocycles. The molecule has 0 radical (unpaired) electrons. The molecule has 2 saturated heterocycles. The molecule has 0 aromatic rings. The second kappa shape index (κ2) is 2.76. The lowest BCUT2D eigenvalue weighted by Crippen LogP contribution is -2.41. The molecule has 2 fully saturated rings. The molecule has 2 heteroatoms. The summed E-state index contributed by atoms with van der Waals surface area (Å²) in [5.74, 6) is 0.823. The van der Waals surface area contributed by atoms with Gasteiger partial charge in [-0.1, -0.05) is 0 Å². The number of nitrogens with two attached hydrogens (primary N) is 1. The van der Waals surface area contributed by atoms with E-state index in [1.165, 1.54) is 25.7 Å². The minimum atomic E-state index is 0.823. The molecule has 0 aromatic carbocycles. The second-order valence-electron chi connectivity index (χ2n) is 4.12. The van der Waals surface area contributed by atoms with Crippen molar-refractivity contribution in [3.8, 4) is 0 Å². The smallest absolute Gasteiger partial charge is 0.00988 e. The molecule has 2 nitrogen and oxygen atoms in total. The molecule has 0 spiro atoms. The van der Waals surface area contributed by atoms with E-state index in [-0.39, 0.29) is 0 Å². The fraction of sp³-hybridized carbons (Fsp3) is 1.00. The Morgan fingerprint density at radius 1 is 1.27 bits per heavy atom. The predicted molar refractivity (Wildman–Crippen MR) is 46.4 cm³/mol. The van der Waals surface area contributed by atoms with Gasteiger partial charge >= 0.3 is 0 Å². The zero-order chi connectivity index (χ0) is 7.84. The summed E-state index contributed by atoms with van der Waals surface area (Å²) < 4.78 is 0. The van der Waals surface area contributed by atoms with Crippen LogP contribution in [0.3, 0.4) is 0 Å². The van der Waals surface area contributed by atoms with Crippen LogP contribution in [0.15, 0.2) is 0 Å². The molecule has 2 atom stereocenters. The molecule has 2 aliphatic heterocycles. The zero-order valence-electron chi connectivity index (χ0n) is 7.29. The van der Waals surface area contributed by atoms with Crippen molar-refractivity contribution in [2.24, 2.45) is 11.7 Å². The van der Waals surface area contributed by atoms with Crippen molar-refractivity contribution in [1.29, 1.82) is 0 Å². The standard InChI is InChI=1S/C9H18N2/c1-11-8-2-3-9(11)5-7(4-8)6-10/h7-9H,2-6,10H2,1H3/t8-,9-/m0/s1. The van der Waals surface area contributed by atoms with Gasteiger partial charge in [-0.3, -0.25) is 0 Å². The van der Waals surface area contributed by atoms with Crippen molar-refractivity contribution in [3.05, 3.63) is 0 Å². The highest BCUT2D eigenvalue weighted by Crippen LogP contribution is 2.36. The van der Waals surface area contributed by atoms with Crippen molar-refractivity contribution < 1.29 is 0 Å². The number of rotatable bonds is 1. The van der Waals surface area contributed by atoms with Crippen LogP contribution in [-0.2, 0) is 0 Å². The van der Waals surface area contributed by atoms with Gasteiger partial charge in [0.25, 0.3) is 0 Å². The maximum absolute atomic E-state index is 5.68. The Kier molecular flexibility index (Phi) is 1.90. The van der Waals surface area contributed by atoms with Gasteiger partial charge in [-0.15, -0.1) is 0 Å². The third-order valence-corrected chi connectivity index (χ3v) is 3.53. The first-order valence-corrected chi connectivity index (χ1v) is 4.73. The van der Waals surface area contributed by atoms with E-state index in [1.54, 1.807) is 0 Å². The van der Waals surface area contributed by atoms with Gasteiger partial charge < -0.3 is 10.6 Å². The molecule has 2 bridgehead atoms. The Hall–Kier alpha value is -0.0800. The van der Waals surface area contributed by atoms with E-state index in [4.69, 9.17) is 5.73 Å². The topological polar surface area (TPSA) is 29.3 Å². The van der Waals surface area contributed by atoms with Gasteiger partial charge in [0.1, 0.15) is 0 Å². The molecule has 0 aromatic heterocycles. The first-order chi connectivity index (χ1) is 5.31. The average molecular weight is 154 g/mol. The molecular weight excluding hydrogens is 136 g/mol. The van der Waals surface area contributed by atoms with Crippen LogP contribution in [0.1, 0.15) is 25.7 Å². The largest absolute Gasteiger partial charge is 0.330 e. The van der Waals surface area contributed by atoms with Crippen LogP contribution < -0.4 is 5.73 Å². The van der Waals surface area contributed by atoms with Crippen molar-refractivity contribution >= 4 is 0 Å². The van der Waals surface area contributed by atoms with Gasteiger partial charge in [0, 0.05) is 12.1 Å². The van der Waals surface area contributed by atoms with Crippen LogP contribution in [0.4, 0.5) is 0 Å². The van der Waals surface area contributed by atoms with Crippen molar-refractivity contribution in [2.45, 2.75) is 37.8 Å². The van der Waals surface area contributed by atoms with Gasteiger partial charge in [-0.25, -0.2) is 0 Å². The van der Waals surface area contributed by atoms with Crippen LogP contribution in [0.5, 0.6) is 0 Å². The lowest BCUT2D eigenvalue weighted by molar-refractivity contribution is 0.137. The minimum absolute atomic E-state index is 0.823. The monoisotopic (exact) mass is 154 g/mol. The van der Waals surface area contributed by atoms with Crippen molar-refractivity contribution in [3.63, 3.8) is 0 Å². The first kappa shape index (κ1) is 7.56. The van der Waals surface area contributed by atoms with E-state index in [9.17, 15) is 0 Å². The number of hydrogen-bond donors (Lipinski definition) is 1. The average Bonchev–Trinajstić information content (AvgIpc) is 2.26. The molecule has 0 saturated carbocycles. The number of hydrogen-bond acceptors (Lipinski definition) is 2. The molecule has 2 aliphatic rings. The summed E-state index contributed by atoms with van der Waals surface area (Å²) in [7, 11) is 2.27. The highest BCUT2D eigenvalue weighted by atomic mass is 15.2. The van der Waals surface area contributed by atoms with E-state index in [0.717, 1.165) is 24.5 Å². The Bertz CT molecular complexity index is 132. The van der Waals surface area contributed by atoms with Crippen LogP contribution in [0.25, 0.3) is 0 Å². The molecule has 0 unspecified atom stereocenters. The lowest BCUT2D eigenvalue weighted by Gasteiger charge is -2.35. The summed E-state index contributed by atoms with van der Waals surface area (Å²) in [5.41, 5.74) is 5.68. The summed E-state index contributed by atoms with van der Waals surface area (Å²) in [4.78, 5) is 2.56. The van der Waals surface area contributed by atoms with Gasteiger partial charge in [-0.05, 0) is 45.2 Å². The fourth-order valence-corrected chi connectivity index (χ4v) is 2.72. The molecule has 2 rings (SSSR count). The summed E-state index contributed by atoms with van der Waals surface area (Å²) in [6.07, 6.45) is 5.53. The van der Waals surface area contributed by atoms with Crippen LogP contribution in [-0.4, -0.2) is 30.6 Å². The van der Waals surface area contributed by atoms with Gasteiger partial charge in [0.2, 0.25) is 0 Å².